The molecule has 108 valence electrons. The van der Waals surface area contributed by atoms with Crippen LogP contribution in [0.15, 0.2) is 18.2 Å². The van der Waals surface area contributed by atoms with E-state index < -0.39 is 0 Å². The van der Waals surface area contributed by atoms with Crippen molar-refractivity contribution >= 4 is 11.6 Å². The highest BCUT2D eigenvalue weighted by atomic mass is 16.5. The van der Waals surface area contributed by atoms with Gasteiger partial charge in [-0.1, -0.05) is 12.8 Å². The quantitative estimate of drug-likeness (QED) is 0.844. The van der Waals surface area contributed by atoms with Crippen LogP contribution in [-0.2, 0) is 0 Å². The second-order valence-corrected chi connectivity index (χ2v) is 5.86. The minimum atomic E-state index is 0.0938. The zero-order valence-corrected chi connectivity index (χ0v) is 12.0. The molecule has 0 aromatic heterocycles. The molecule has 2 fully saturated rings. The number of hydrogen-bond acceptors (Lipinski definition) is 3. The summed E-state index contributed by atoms with van der Waals surface area (Å²) in [5.74, 6) is 1.37. The maximum atomic E-state index is 12.8. The lowest BCUT2D eigenvalue weighted by atomic mass is 9.85. The van der Waals surface area contributed by atoms with Crippen LogP contribution >= 0.6 is 0 Å². The van der Waals surface area contributed by atoms with E-state index in [0.29, 0.717) is 29.0 Å². The Labute approximate surface area is 119 Å². The number of hydrogen-bond donors (Lipinski definition) is 1. The fraction of sp³-hybridized carbons (Fsp3) is 0.562. The summed E-state index contributed by atoms with van der Waals surface area (Å²) >= 11 is 0. The molecule has 2 atom stereocenters. The normalized spacial score (nSPS) is 25.4. The number of rotatable bonds is 2. The van der Waals surface area contributed by atoms with Gasteiger partial charge in [-0.25, -0.2) is 0 Å². The fourth-order valence-corrected chi connectivity index (χ4v) is 3.70. The van der Waals surface area contributed by atoms with Crippen LogP contribution in [-0.4, -0.2) is 30.5 Å². The van der Waals surface area contributed by atoms with Crippen LogP contribution in [0.4, 0.5) is 5.69 Å². The Kier molecular flexibility index (Phi) is 3.55. The second-order valence-electron chi connectivity index (χ2n) is 5.86. The van der Waals surface area contributed by atoms with Crippen molar-refractivity contribution in [3.8, 4) is 5.75 Å². The number of benzene rings is 1. The summed E-state index contributed by atoms with van der Waals surface area (Å²) in [5.41, 5.74) is 7.01. The summed E-state index contributed by atoms with van der Waals surface area (Å²) in [7, 11) is 1.58. The van der Waals surface area contributed by atoms with E-state index in [1.54, 1.807) is 25.3 Å². The summed E-state index contributed by atoms with van der Waals surface area (Å²) in [4.78, 5) is 14.9. The molecule has 1 aliphatic heterocycles. The molecule has 1 amide bonds. The number of ether oxygens (including phenoxy) is 1. The van der Waals surface area contributed by atoms with Gasteiger partial charge < -0.3 is 15.4 Å². The van der Waals surface area contributed by atoms with Crippen molar-refractivity contribution in [1.29, 1.82) is 0 Å². The summed E-state index contributed by atoms with van der Waals surface area (Å²) in [6.45, 7) is 0.877. The Bertz CT molecular complexity index is 515. The number of nitrogen functional groups attached to an aromatic ring is 1. The number of nitrogens with two attached hydrogens (primary N) is 1. The molecule has 1 saturated carbocycles. The minimum Gasteiger partial charge on any atom is -0.496 e. The third kappa shape index (κ3) is 2.23. The first-order chi connectivity index (χ1) is 9.70. The van der Waals surface area contributed by atoms with Gasteiger partial charge in [0, 0.05) is 24.3 Å². The number of likely N-dealkylation sites (tertiary alicyclic amines) is 1. The van der Waals surface area contributed by atoms with Crippen LogP contribution < -0.4 is 10.5 Å². The molecule has 20 heavy (non-hydrogen) atoms. The minimum absolute atomic E-state index is 0.0938. The molecule has 1 aromatic rings. The van der Waals surface area contributed by atoms with E-state index in [2.05, 4.69) is 4.90 Å². The summed E-state index contributed by atoms with van der Waals surface area (Å²) in [5, 5.41) is 0. The van der Waals surface area contributed by atoms with Crippen LogP contribution in [0.1, 0.15) is 42.5 Å². The lowest BCUT2D eigenvalue weighted by molar-refractivity contribution is 0.0687. The largest absolute Gasteiger partial charge is 0.496 e. The number of fused-ring (bicyclic) bond motifs is 1. The first-order valence-electron chi connectivity index (χ1n) is 7.45. The summed E-state index contributed by atoms with van der Waals surface area (Å²) < 4.78 is 5.32. The van der Waals surface area contributed by atoms with Gasteiger partial charge in [-0.05, 0) is 37.3 Å². The first-order valence-corrected chi connectivity index (χ1v) is 7.45. The van der Waals surface area contributed by atoms with Gasteiger partial charge in [-0.3, -0.25) is 4.79 Å². The average molecular weight is 274 g/mol. The van der Waals surface area contributed by atoms with Crippen molar-refractivity contribution in [2.45, 2.75) is 38.1 Å². The fourth-order valence-electron chi connectivity index (χ4n) is 3.70. The van der Waals surface area contributed by atoms with Crippen molar-refractivity contribution in [2.24, 2.45) is 5.92 Å². The van der Waals surface area contributed by atoms with E-state index in [-0.39, 0.29) is 5.91 Å². The third-order valence-electron chi connectivity index (χ3n) is 4.73. The SMILES string of the molecule is COc1cc(N)ccc1C(=O)N1CCC2CCCCC21. The molecule has 0 radical (unpaired) electrons. The molecular formula is C16H22N2O2. The van der Waals surface area contributed by atoms with Gasteiger partial charge in [0.1, 0.15) is 5.75 Å². The Hall–Kier alpha value is -1.71. The molecule has 0 spiro atoms. The van der Waals surface area contributed by atoms with E-state index in [0.717, 1.165) is 19.4 Å². The number of carbonyl (C=O) groups is 1. The van der Waals surface area contributed by atoms with Gasteiger partial charge in [0.05, 0.1) is 12.7 Å². The molecule has 2 unspecified atom stereocenters. The third-order valence-corrected chi connectivity index (χ3v) is 4.73. The molecule has 4 heteroatoms. The predicted octanol–water partition coefficient (Wildman–Crippen LogP) is 2.68. The Balaban J connectivity index is 1.85. The van der Waals surface area contributed by atoms with Crippen LogP contribution in [0.3, 0.4) is 0 Å². The van der Waals surface area contributed by atoms with E-state index in [1.165, 1.54) is 19.3 Å². The monoisotopic (exact) mass is 274 g/mol. The Morgan fingerprint density at radius 2 is 2.10 bits per heavy atom. The molecule has 3 rings (SSSR count). The van der Waals surface area contributed by atoms with Gasteiger partial charge in [0.25, 0.3) is 5.91 Å². The van der Waals surface area contributed by atoms with Gasteiger partial charge in [0.15, 0.2) is 0 Å². The highest BCUT2D eigenvalue weighted by Gasteiger charge is 2.38. The van der Waals surface area contributed by atoms with Crippen LogP contribution in [0.2, 0.25) is 0 Å². The van der Waals surface area contributed by atoms with Gasteiger partial charge in [0.2, 0.25) is 0 Å². The molecule has 1 aromatic carbocycles. The van der Waals surface area contributed by atoms with Crippen LogP contribution in [0.5, 0.6) is 5.75 Å². The first kappa shape index (κ1) is 13.3. The molecular weight excluding hydrogens is 252 g/mol. The van der Waals surface area contributed by atoms with E-state index in [1.807, 2.05) is 0 Å². The number of methoxy groups -OCH3 is 1. The average Bonchev–Trinajstić information content (AvgIpc) is 2.90. The van der Waals surface area contributed by atoms with Gasteiger partial charge in [-0.15, -0.1) is 0 Å². The smallest absolute Gasteiger partial charge is 0.257 e. The van der Waals surface area contributed by atoms with Crippen molar-refractivity contribution < 1.29 is 9.53 Å². The van der Waals surface area contributed by atoms with Crippen molar-refractivity contribution in [3.63, 3.8) is 0 Å². The molecule has 1 aliphatic carbocycles. The molecule has 2 N–H and O–H groups in total. The highest BCUT2D eigenvalue weighted by Crippen LogP contribution is 2.37. The van der Waals surface area contributed by atoms with Gasteiger partial charge in [-0.2, -0.15) is 0 Å². The lowest BCUT2D eigenvalue weighted by Crippen LogP contribution is -2.39. The van der Waals surface area contributed by atoms with Crippen molar-refractivity contribution in [3.05, 3.63) is 23.8 Å². The second kappa shape index (κ2) is 5.35. The van der Waals surface area contributed by atoms with Crippen molar-refractivity contribution in [1.82, 2.24) is 4.90 Å². The molecule has 1 heterocycles. The maximum Gasteiger partial charge on any atom is 0.257 e. The number of nitrogens with zero attached hydrogens (tertiary/aromatic N) is 1. The standard InChI is InChI=1S/C16H22N2O2/c1-20-15-10-12(17)6-7-13(15)16(19)18-9-8-11-4-2-3-5-14(11)18/h6-7,10-11,14H,2-5,8-9,17H2,1H3. The Morgan fingerprint density at radius 3 is 2.90 bits per heavy atom. The predicted molar refractivity (Wildman–Crippen MR) is 78.8 cm³/mol. The molecule has 2 aliphatic rings. The topological polar surface area (TPSA) is 55.6 Å². The highest BCUT2D eigenvalue weighted by molar-refractivity contribution is 5.97. The molecule has 0 bridgehead atoms. The number of amides is 1. The maximum absolute atomic E-state index is 12.8. The lowest BCUT2D eigenvalue weighted by Gasteiger charge is -2.32. The summed E-state index contributed by atoms with van der Waals surface area (Å²) in [6, 6.07) is 5.71. The van der Waals surface area contributed by atoms with Crippen molar-refractivity contribution in [2.75, 3.05) is 19.4 Å². The molecule has 1 saturated heterocycles. The number of carbonyl (C=O) groups excluding carboxylic acids is 1. The number of anilines is 1. The zero-order chi connectivity index (χ0) is 14.1. The zero-order valence-electron chi connectivity index (χ0n) is 12.0. The molecule has 4 nitrogen and oxygen atoms in total. The summed E-state index contributed by atoms with van der Waals surface area (Å²) in [6.07, 6.45) is 6.12. The van der Waals surface area contributed by atoms with Gasteiger partial charge >= 0.3 is 0 Å². The Morgan fingerprint density at radius 1 is 1.30 bits per heavy atom. The van der Waals surface area contributed by atoms with E-state index in [9.17, 15) is 4.79 Å². The van der Waals surface area contributed by atoms with E-state index >= 15 is 0 Å². The van der Waals surface area contributed by atoms with E-state index in [4.69, 9.17) is 10.5 Å². The van der Waals surface area contributed by atoms with Crippen LogP contribution in [0.25, 0.3) is 0 Å². The van der Waals surface area contributed by atoms with Crippen LogP contribution in [0, 0.1) is 5.92 Å².